The van der Waals surface area contributed by atoms with Crippen LogP contribution in [0, 0.1) is 23.2 Å². The zero-order chi connectivity index (χ0) is 16.1. The highest BCUT2D eigenvalue weighted by Gasteiger charge is 2.51. The Labute approximate surface area is 142 Å². The highest BCUT2D eigenvalue weighted by Crippen LogP contribution is 2.56. The lowest BCUT2D eigenvalue weighted by Crippen LogP contribution is -2.48. The first-order chi connectivity index (χ1) is 11.3. The molecule has 0 bridgehead atoms. The third kappa shape index (κ3) is 3.49. The van der Waals surface area contributed by atoms with E-state index in [2.05, 4.69) is 31.2 Å². The normalized spacial score (nSPS) is 32.7. The Morgan fingerprint density at radius 1 is 1.04 bits per heavy atom. The van der Waals surface area contributed by atoms with Crippen molar-refractivity contribution < 1.29 is 4.79 Å². The van der Waals surface area contributed by atoms with Crippen molar-refractivity contribution in [2.45, 2.75) is 84.0 Å². The Bertz CT molecular complexity index is 443. The van der Waals surface area contributed by atoms with Gasteiger partial charge in [0.25, 0.3) is 0 Å². The van der Waals surface area contributed by atoms with Crippen molar-refractivity contribution in [2.75, 3.05) is 0 Å². The average Bonchev–Trinajstić information content (AvgIpc) is 3.10. The Morgan fingerprint density at radius 3 is 2.48 bits per heavy atom. The molecular formula is C22H34O. The molecule has 3 rings (SSSR count). The van der Waals surface area contributed by atoms with E-state index in [1.54, 1.807) is 0 Å². The second kappa shape index (κ2) is 7.81. The highest BCUT2D eigenvalue weighted by molar-refractivity contribution is 5.83. The minimum absolute atomic E-state index is 0.270. The summed E-state index contributed by atoms with van der Waals surface area (Å²) >= 11 is 0. The van der Waals surface area contributed by atoms with Gasteiger partial charge in [-0.1, -0.05) is 69.8 Å². The molecule has 1 nitrogen and oxygen atoms in total. The molecule has 0 N–H and O–H groups in total. The molecule has 128 valence electrons. The number of carbonyl (C=O) groups is 1. The summed E-state index contributed by atoms with van der Waals surface area (Å²) in [5.74, 6) is 2.02. The van der Waals surface area contributed by atoms with E-state index < -0.39 is 0 Å². The molecule has 0 amide bonds. The molecule has 1 heteroatoms. The first kappa shape index (κ1) is 17.0. The summed E-state index contributed by atoms with van der Waals surface area (Å²) < 4.78 is 0. The van der Waals surface area contributed by atoms with E-state index in [1.807, 2.05) is 0 Å². The SMILES string of the molecule is CCCCCC1(C2CCCCC2)CCCC(=O)C1C1C=CC=C1. The number of hydrogen-bond donors (Lipinski definition) is 0. The summed E-state index contributed by atoms with van der Waals surface area (Å²) in [5.41, 5.74) is 0.300. The first-order valence-corrected chi connectivity index (χ1v) is 10.2. The number of unbranched alkanes of at least 4 members (excludes halogenated alkanes) is 2. The molecule has 2 fully saturated rings. The molecule has 0 aliphatic heterocycles. The van der Waals surface area contributed by atoms with E-state index in [4.69, 9.17) is 0 Å². The number of allylic oxidation sites excluding steroid dienone is 4. The number of hydrogen-bond acceptors (Lipinski definition) is 1. The van der Waals surface area contributed by atoms with Crippen molar-refractivity contribution in [3.63, 3.8) is 0 Å². The van der Waals surface area contributed by atoms with Crippen LogP contribution in [0.2, 0.25) is 0 Å². The van der Waals surface area contributed by atoms with Gasteiger partial charge in [0, 0.05) is 18.3 Å². The standard InChI is InChI=1S/C22H34O/c1-2-3-9-16-22(19-13-5-4-6-14-19)17-10-15-20(23)21(22)18-11-7-8-12-18/h7-8,11-12,18-19,21H,2-6,9-10,13-17H2,1H3. The van der Waals surface area contributed by atoms with Gasteiger partial charge in [0.2, 0.25) is 0 Å². The van der Waals surface area contributed by atoms with Gasteiger partial charge in [-0.25, -0.2) is 0 Å². The maximum atomic E-state index is 13.0. The van der Waals surface area contributed by atoms with E-state index in [0.29, 0.717) is 17.1 Å². The third-order valence-corrected chi connectivity index (χ3v) is 6.86. The molecular weight excluding hydrogens is 280 g/mol. The van der Waals surface area contributed by atoms with Gasteiger partial charge in [-0.3, -0.25) is 4.79 Å². The molecule has 3 aliphatic carbocycles. The van der Waals surface area contributed by atoms with Crippen molar-refractivity contribution in [1.29, 1.82) is 0 Å². The van der Waals surface area contributed by atoms with Crippen LogP contribution in [-0.2, 0) is 4.79 Å². The van der Waals surface area contributed by atoms with Gasteiger partial charge in [-0.2, -0.15) is 0 Å². The lowest BCUT2D eigenvalue weighted by atomic mass is 9.52. The maximum absolute atomic E-state index is 13.0. The summed E-state index contributed by atoms with van der Waals surface area (Å²) in [5, 5.41) is 0. The molecule has 23 heavy (non-hydrogen) atoms. The lowest BCUT2D eigenvalue weighted by molar-refractivity contribution is -0.137. The zero-order valence-electron chi connectivity index (χ0n) is 14.9. The lowest BCUT2D eigenvalue weighted by Gasteiger charge is -2.52. The highest BCUT2D eigenvalue weighted by atomic mass is 16.1. The number of carbonyl (C=O) groups excluding carboxylic acids is 1. The van der Waals surface area contributed by atoms with Crippen molar-refractivity contribution in [3.05, 3.63) is 24.3 Å². The van der Waals surface area contributed by atoms with Crippen molar-refractivity contribution in [1.82, 2.24) is 0 Å². The van der Waals surface area contributed by atoms with Crippen molar-refractivity contribution in [3.8, 4) is 0 Å². The monoisotopic (exact) mass is 314 g/mol. The number of rotatable bonds is 6. The van der Waals surface area contributed by atoms with E-state index in [1.165, 1.54) is 64.2 Å². The molecule has 0 aromatic carbocycles. The summed E-state index contributed by atoms with van der Waals surface area (Å²) in [6, 6.07) is 0. The quantitative estimate of drug-likeness (QED) is 0.530. The van der Waals surface area contributed by atoms with Crippen LogP contribution in [0.3, 0.4) is 0 Å². The summed E-state index contributed by atoms with van der Waals surface area (Å²) in [7, 11) is 0. The van der Waals surface area contributed by atoms with Gasteiger partial charge >= 0.3 is 0 Å². The number of ketones is 1. The fraction of sp³-hybridized carbons (Fsp3) is 0.773. The van der Waals surface area contributed by atoms with Gasteiger partial charge in [0.1, 0.15) is 5.78 Å². The van der Waals surface area contributed by atoms with Crippen LogP contribution in [0.15, 0.2) is 24.3 Å². The van der Waals surface area contributed by atoms with Crippen LogP contribution in [0.5, 0.6) is 0 Å². The number of Topliss-reactive ketones (excluding diaryl/α,β-unsaturated/α-hetero) is 1. The van der Waals surface area contributed by atoms with Gasteiger partial charge in [-0.15, -0.1) is 0 Å². The van der Waals surface area contributed by atoms with Gasteiger partial charge in [-0.05, 0) is 43.4 Å². The van der Waals surface area contributed by atoms with Crippen molar-refractivity contribution in [2.24, 2.45) is 23.2 Å². The smallest absolute Gasteiger partial charge is 0.137 e. The van der Waals surface area contributed by atoms with Crippen LogP contribution in [0.4, 0.5) is 0 Å². The molecule has 0 radical (unpaired) electrons. The van der Waals surface area contributed by atoms with Gasteiger partial charge < -0.3 is 0 Å². The van der Waals surface area contributed by atoms with Gasteiger partial charge in [0.05, 0.1) is 0 Å². The Morgan fingerprint density at radius 2 is 1.78 bits per heavy atom. The fourth-order valence-corrected chi connectivity index (χ4v) is 5.82. The topological polar surface area (TPSA) is 17.1 Å². The fourth-order valence-electron chi connectivity index (χ4n) is 5.82. The Hall–Kier alpha value is -0.850. The summed E-state index contributed by atoms with van der Waals surface area (Å²) in [6.45, 7) is 2.29. The van der Waals surface area contributed by atoms with Crippen LogP contribution in [0.1, 0.15) is 84.0 Å². The zero-order valence-corrected chi connectivity index (χ0v) is 14.9. The van der Waals surface area contributed by atoms with Crippen LogP contribution >= 0.6 is 0 Å². The third-order valence-electron chi connectivity index (χ3n) is 6.86. The second-order valence-corrected chi connectivity index (χ2v) is 8.17. The van der Waals surface area contributed by atoms with Crippen LogP contribution < -0.4 is 0 Å². The molecule has 0 saturated heterocycles. The molecule has 0 aromatic rings. The van der Waals surface area contributed by atoms with E-state index in [-0.39, 0.29) is 5.92 Å². The van der Waals surface area contributed by atoms with E-state index in [0.717, 1.165) is 18.8 Å². The predicted octanol–water partition coefficient (Wildman–Crippen LogP) is 6.24. The molecule has 0 heterocycles. The molecule has 2 unspecified atom stereocenters. The Kier molecular flexibility index (Phi) is 5.77. The minimum Gasteiger partial charge on any atom is -0.299 e. The molecule has 0 spiro atoms. The minimum atomic E-state index is 0.270. The molecule has 0 aromatic heterocycles. The summed E-state index contributed by atoms with van der Waals surface area (Å²) in [4.78, 5) is 13.0. The second-order valence-electron chi connectivity index (χ2n) is 8.17. The first-order valence-electron chi connectivity index (χ1n) is 10.2. The molecule has 2 atom stereocenters. The average molecular weight is 315 g/mol. The maximum Gasteiger partial charge on any atom is 0.137 e. The van der Waals surface area contributed by atoms with Crippen molar-refractivity contribution >= 4 is 5.78 Å². The van der Waals surface area contributed by atoms with E-state index in [9.17, 15) is 4.79 Å². The Balaban J connectivity index is 1.89. The van der Waals surface area contributed by atoms with Crippen LogP contribution in [0.25, 0.3) is 0 Å². The van der Waals surface area contributed by atoms with E-state index >= 15 is 0 Å². The predicted molar refractivity (Wildman–Crippen MR) is 97.3 cm³/mol. The van der Waals surface area contributed by atoms with Crippen LogP contribution in [-0.4, -0.2) is 5.78 Å². The van der Waals surface area contributed by atoms with Gasteiger partial charge in [0.15, 0.2) is 0 Å². The largest absolute Gasteiger partial charge is 0.299 e. The molecule has 2 saturated carbocycles. The molecule has 3 aliphatic rings. The summed E-state index contributed by atoms with van der Waals surface area (Å²) in [6.07, 6.45) is 24.3.